The van der Waals surface area contributed by atoms with Crippen LogP contribution in [0.4, 0.5) is 27.6 Å². The molecule has 1 saturated carbocycles. The molecule has 1 aliphatic rings. The lowest BCUT2D eigenvalue weighted by molar-refractivity contribution is -0.274. The Bertz CT molecular complexity index is 1070. The third-order valence-corrected chi connectivity index (χ3v) is 5.89. The summed E-state index contributed by atoms with van der Waals surface area (Å²) in [4.78, 5) is 30.9. The molecule has 35 heavy (non-hydrogen) atoms. The molecule has 190 valence electrons. The van der Waals surface area contributed by atoms with Gasteiger partial charge in [0, 0.05) is 29.5 Å². The number of anilines is 1. The number of nitrogens with zero attached hydrogens (tertiary/aromatic N) is 2. The van der Waals surface area contributed by atoms with Crippen molar-refractivity contribution in [2.75, 3.05) is 4.90 Å². The van der Waals surface area contributed by atoms with E-state index >= 15 is 0 Å². The fraction of sp³-hybridized carbons (Fsp3) is 0.409. The first-order chi connectivity index (χ1) is 16.3. The van der Waals surface area contributed by atoms with E-state index in [9.17, 15) is 31.5 Å². The average molecular weight is 521 g/mol. The predicted molar refractivity (Wildman–Crippen MR) is 117 cm³/mol. The molecule has 0 bridgehead atoms. The number of aromatic nitrogens is 1. The van der Waals surface area contributed by atoms with Crippen molar-refractivity contribution >= 4 is 29.1 Å². The zero-order chi connectivity index (χ0) is 26.0. The van der Waals surface area contributed by atoms with Crippen LogP contribution in [0.1, 0.15) is 31.7 Å². The summed E-state index contributed by atoms with van der Waals surface area (Å²) >= 11 is 5.44. The van der Waals surface area contributed by atoms with E-state index in [1.54, 1.807) is 0 Å². The number of pyridine rings is 1. The van der Waals surface area contributed by atoms with Gasteiger partial charge in [-0.2, -0.15) is 0 Å². The topological polar surface area (TPSA) is 97.5 Å². The molecule has 2 amide bonds. The van der Waals surface area contributed by atoms with E-state index in [4.69, 9.17) is 17.3 Å². The van der Waals surface area contributed by atoms with Gasteiger partial charge in [-0.25, -0.2) is 8.78 Å². The normalized spacial score (nSPS) is 20.6. The second kappa shape index (κ2) is 10.3. The van der Waals surface area contributed by atoms with E-state index in [1.807, 2.05) is 0 Å². The Kier molecular flexibility index (Phi) is 7.85. The lowest BCUT2D eigenvalue weighted by Gasteiger charge is -2.41. The first-order valence-electron chi connectivity index (χ1n) is 10.5. The van der Waals surface area contributed by atoms with Crippen molar-refractivity contribution in [2.24, 2.45) is 5.73 Å². The number of amides is 2. The Hall–Kier alpha value is -2.99. The molecule has 1 aliphatic carbocycles. The van der Waals surface area contributed by atoms with Gasteiger partial charge >= 0.3 is 6.36 Å². The van der Waals surface area contributed by atoms with E-state index in [0.29, 0.717) is 24.2 Å². The highest BCUT2D eigenvalue weighted by molar-refractivity contribution is 6.32. The number of carbonyl (C=O) groups excluding carboxylic acids is 2. The van der Waals surface area contributed by atoms with Crippen molar-refractivity contribution in [2.45, 2.75) is 55.8 Å². The zero-order valence-corrected chi connectivity index (χ0v) is 19.1. The minimum absolute atomic E-state index is 0.126. The van der Waals surface area contributed by atoms with Crippen molar-refractivity contribution < 1.29 is 36.3 Å². The molecular weight excluding hydrogens is 499 g/mol. The van der Waals surface area contributed by atoms with Gasteiger partial charge in [0.05, 0.1) is 6.20 Å². The molecule has 0 saturated heterocycles. The lowest BCUT2D eigenvalue weighted by Crippen LogP contribution is -2.59. The molecule has 13 heteroatoms. The average Bonchev–Trinajstić information content (AvgIpc) is 3.18. The Morgan fingerprint density at radius 2 is 1.89 bits per heavy atom. The molecule has 7 nitrogen and oxygen atoms in total. The summed E-state index contributed by atoms with van der Waals surface area (Å²) in [5, 5.41) is 2.75. The molecule has 3 N–H and O–H groups in total. The molecule has 4 atom stereocenters. The fourth-order valence-electron chi connectivity index (χ4n) is 4.01. The zero-order valence-electron chi connectivity index (χ0n) is 18.4. The number of alkyl halides is 5. The highest BCUT2D eigenvalue weighted by atomic mass is 35.5. The van der Waals surface area contributed by atoms with E-state index in [0.717, 1.165) is 42.7 Å². The number of nitrogens with two attached hydrogens (primary N) is 1. The van der Waals surface area contributed by atoms with Crippen molar-refractivity contribution in [3.8, 4) is 5.75 Å². The van der Waals surface area contributed by atoms with Gasteiger partial charge in [-0.3, -0.25) is 19.5 Å². The summed E-state index contributed by atoms with van der Waals surface area (Å²) in [7, 11) is 0. The highest BCUT2D eigenvalue weighted by Gasteiger charge is 2.48. The maximum absolute atomic E-state index is 14.1. The fourth-order valence-corrected chi connectivity index (χ4v) is 4.11. The van der Waals surface area contributed by atoms with Crippen molar-refractivity contribution in [3.05, 3.63) is 54.1 Å². The van der Waals surface area contributed by atoms with Crippen LogP contribution in [0.15, 0.2) is 42.7 Å². The monoisotopic (exact) mass is 520 g/mol. The smallest absolute Gasteiger partial charge is 0.406 e. The standard InChI is InChI=1S/C22H22ClF5N4O3/c1-21(12-8-13(24)11-30-10-12,20(34)31-15-3-2-14(29)9-15)32(19(33)18(23)25)16-4-6-17(7-5-16)35-22(26,27)28/h4-8,10-11,14-15,18H,2-3,9,29H2,1H3,(H,31,34)/t14-,15+,18-,21?/m0/s1. The Morgan fingerprint density at radius 3 is 2.40 bits per heavy atom. The number of rotatable bonds is 7. The van der Waals surface area contributed by atoms with E-state index < -0.39 is 40.9 Å². The molecule has 1 heterocycles. The van der Waals surface area contributed by atoms with Crippen LogP contribution in [0.2, 0.25) is 0 Å². The van der Waals surface area contributed by atoms with Crippen LogP contribution >= 0.6 is 11.6 Å². The first-order valence-corrected chi connectivity index (χ1v) is 10.9. The summed E-state index contributed by atoms with van der Waals surface area (Å²) in [6.45, 7) is 1.23. The van der Waals surface area contributed by atoms with E-state index in [2.05, 4.69) is 15.0 Å². The Labute approximate surface area is 202 Å². The molecule has 1 aromatic carbocycles. The largest absolute Gasteiger partial charge is 0.573 e. The minimum atomic E-state index is -4.97. The van der Waals surface area contributed by atoms with Crippen molar-refractivity contribution in [1.82, 2.24) is 10.3 Å². The molecule has 2 aromatic rings. The maximum atomic E-state index is 14.1. The van der Waals surface area contributed by atoms with Crippen LogP contribution in [0.5, 0.6) is 5.75 Å². The van der Waals surface area contributed by atoms with Gasteiger partial charge in [-0.15, -0.1) is 13.2 Å². The number of nitrogens with one attached hydrogen (secondary N) is 1. The number of hydrogen-bond acceptors (Lipinski definition) is 5. The highest BCUT2D eigenvalue weighted by Crippen LogP contribution is 2.37. The molecular formula is C22H22ClF5N4O3. The number of carbonyl (C=O) groups is 2. The van der Waals surface area contributed by atoms with Crippen molar-refractivity contribution in [3.63, 3.8) is 0 Å². The summed E-state index contributed by atoms with van der Waals surface area (Å²) < 4.78 is 69.7. The van der Waals surface area contributed by atoms with Gasteiger partial charge < -0.3 is 15.8 Å². The maximum Gasteiger partial charge on any atom is 0.573 e. The van der Waals surface area contributed by atoms with Gasteiger partial charge in [0.2, 0.25) is 0 Å². The van der Waals surface area contributed by atoms with E-state index in [-0.39, 0.29) is 23.3 Å². The second-order valence-corrected chi connectivity index (χ2v) is 8.61. The molecule has 1 fully saturated rings. The first kappa shape index (κ1) is 26.6. The lowest BCUT2D eigenvalue weighted by atomic mass is 9.88. The molecule has 0 radical (unpaired) electrons. The number of ether oxygens (including phenoxy) is 1. The predicted octanol–water partition coefficient (Wildman–Crippen LogP) is 3.90. The molecule has 0 spiro atoms. The molecule has 1 aromatic heterocycles. The molecule has 0 aliphatic heterocycles. The van der Waals surface area contributed by atoms with Gasteiger partial charge in [0.25, 0.3) is 17.4 Å². The van der Waals surface area contributed by atoms with Crippen LogP contribution in [-0.4, -0.2) is 40.9 Å². The van der Waals surface area contributed by atoms with Crippen LogP contribution in [-0.2, 0) is 15.1 Å². The number of benzene rings is 1. The quantitative estimate of drug-likeness (QED) is 0.426. The number of hydrogen-bond donors (Lipinski definition) is 2. The third-order valence-electron chi connectivity index (χ3n) is 5.70. The molecule has 1 unspecified atom stereocenters. The van der Waals surface area contributed by atoms with Gasteiger partial charge in [0.15, 0.2) is 5.54 Å². The van der Waals surface area contributed by atoms with Gasteiger partial charge in [0.1, 0.15) is 11.6 Å². The van der Waals surface area contributed by atoms with E-state index in [1.165, 1.54) is 6.92 Å². The van der Waals surface area contributed by atoms with Crippen LogP contribution in [0.25, 0.3) is 0 Å². The van der Waals surface area contributed by atoms with Crippen molar-refractivity contribution in [1.29, 1.82) is 0 Å². The van der Waals surface area contributed by atoms with Crippen LogP contribution < -0.4 is 20.7 Å². The minimum Gasteiger partial charge on any atom is -0.406 e. The number of halogens is 6. The SMILES string of the molecule is CC(C(=O)N[C@@H]1CC[C@H](N)C1)(c1cncc(F)c1)N(C(=O)[C@H](F)Cl)c1ccc(OC(F)(F)F)cc1. The summed E-state index contributed by atoms with van der Waals surface area (Å²) in [5.41, 5.74) is 0.844. The van der Waals surface area contributed by atoms with Crippen LogP contribution in [0.3, 0.4) is 0 Å². The Balaban J connectivity index is 2.11. The Morgan fingerprint density at radius 1 is 1.23 bits per heavy atom. The summed E-state index contributed by atoms with van der Waals surface area (Å²) in [6.07, 6.45) is -1.36. The molecule has 3 rings (SSSR count). The van der Waals surface area contributed by atoms with Gasteiger partial charge in [-0.05, 0) is 56.5 Å². The second-order valence-electron chi connectivity index (χ2n) is 8.22. The van der Waals surface area contributed by atoms with Gasteiger partial charge in [-0.1, -0.05) is 11.6 Å². The summed E-state index contributed by atoms with van der Waals surface area (Å²) in [5.74, 6) is -3.67. The summed E-state index contributed by atoms with van der Waals surface area (Å²) in [6, 6.07) is 4.21. The third kappa shape index (κ3) is 6.17. The van der Waals surface area contributed by atoms with Crippen LogP contribution in [0, 0.1) is 5.82 Å².